The predicted octanol–water partition coefficient (Wildman–Crippen LogP) is 3.90. The lowest BCUT2D eigenvalue weighted by Gasteiger charge is -2.37. The van der Waals surface area contributed by atoms with E-state index in [2.05, 4.69) is 15.4 Å². The Morgan fingerprint density at radius 1 is 1.06 bits per heavy atom. The molecule has 2 aromatic rings. The van der Waals surface area contributed by atoms with Gasteiger partial charge in [-0.05, 0) is 89.3 Å². The highest BCUT2D eigenvalue weighted by molar-refractivity contribution is 7.91. The number of aromatic nitrogens is 1. The van der Waals surface area contributed by atoms with Crippen molar-refractivity contribution < 1.29 is 41.8 Å². The summed E-state index contributed by atoms with van der Waals surface area (Å²) in [6.45, 7) is 1.67. The van der Waals surface area contributed by atoms with Gasteiger partial charge in [-0.1, -0.05) is 25.0 Å². The number of carbonyl (C=O) groups excluding carboxylic acids is 4. The van der Waals surface area contributed by atoms with Crippen molar-refractivity contribution in [2.45, 2.75) is 124 Å². The van der Waals surface area contributed by atoms with Crippen LogP contribution in [0, 0.1) is 5.92 Å². The number of nitrogens with zero attached hydrogens (tertiary/aromatic N) is 2. The van der Waals surface area contributed by atoms with Crippen LogP contribution >= 0.6 is 0 Å². The van der Waals surface area contributed by atoms with Gasteiger partial charge >= 0.3 is 6.09 Å². The largest absolute Gasteiger partial charge is 0.497 e. The number of hydrogen-bond donors (Lipinski definition) is 3. The summed E-state index contributed by atoms with van der Waals surface area (Å²) < 4.78 is 45.1. The van der Waals surface area contributed by atoms with Gasteiger partial charge < -0.3 is 29.7 Å². The highest BCUT2D eigenvalue weighted by Gasteiger charge is 2.64. The second kappa shape index (κ2) is 13.4. The molecule has 6 aliphatic rings. The van der Waals surface area contributed by atoms with Gasteiger partial charge in [0.25, 0.3) is 5.91 Å². The molecule has 290 valence electrons. The molecular weight excluding hydrogens is 715 g/mol. The Labute approximate surface area is 315 Å². The maximum atomic E-state index is 14.6. The molecule has 1 saturated heterocycles. The van der Waals surface area contributed by atoms with Crippen LogP contribution in [0.15, 0.2) is 30.4 Å². The fraction of sp³-hybridized carbons (Fsp3) is 0.615. The maximum Gasteiger partial charge on any atom is 0.407 e. The van der Waals surface area contributed by atoms with Crippen molar-refractivity contribution >= 4 is 44.7 Å². The van der Waals surface area contributed by atoms with Crippen molar-refractivity contribution in [3.8, 4) is 11.5 Å². The molecule has 5 atom stereocenters. The van der Waals surface area contributed by atoms with Crippen molar-refractivity contribution in [2.24, 2.45) is 5.92 Å². The number of alkyl carbamates (subject to hydrolysis) is 1. The molecule has 0 radical (unpaired) electrons. The van der Waals surface area contributed by atoms with E-state index in [1.807, 2.05) is 30.4 Å². The smallest absolute Gasteiger partial charge is 0.407 e. The topological polar surface area (TPSA) is 182 Å². The molecule has 4 fully saturated rings. The number of rotatable bonds is 6. The first-order valence-corrected chi connectivity index (χ1v) is 20.7. The quantitative estimate of drug-likeness (QED) is 0.365. The van der Waals surface area contributed by atoms with Gasteiger partial charge in [-0.25, -0.2) is 18.2 Å². The summed E-state index contributed by atoms with van der Waals surface area (Å²) in [5.41, 5.74) is 0.287. The Kier molecular flexibility index (Phi) is 9.08. The lowest BCUT2D eigenvalue weighted by molar-refractivity contribution is -0.141. The second-order valence-electron chi connectivity index (χ2n) is 16.3. The number of aryl methyl sites for hydroxylation is 1. The number of hydrogen-bond acceptors (Lipinski definition) is 10. The summed E-state index contributed by atoms with van der Waals surface area (Å²) in [4.78, 5) is 62.2. The van der Waals surface area contributed by atoms with E-state index in [-0.39, 0.29) is 25.3 Å². The number of fused-ring (bicyclic) bond motifs is 5. The number of nitrogens with one attached hydrogen (secondary N) is 3. The van der Waals surface area contributed by atoms with Gasteiger partial charge in [0.05, 0.1) is 36.7 Å². The van der Waals surface area contributed by atoms with Crippen LogP contribution in [0.1, 0.15) is 101 Å². The van der Waals surface area contributed by atoms with Gasteiger partial charge in [-0.3, -0.25) is 19.1 Å². The zero-order valence-electron chi connectivity index (χ0n) is 31.1. The number of benzene rings is 1. The highest BCUT2D eigenvalue weighted by atomic mass is 32.2. The lowest BCUT2D eigenvalue weighted by atomic mass is 9.86. The Hall–Kier alpha value is -4.40. The van der Waals surface area contributed by atoms with Crippen molar-refractivity contribution in [1.29, 1.82) is 0 Å². The number of sulfonamides is 1. The van der Waals surface area contributed by atoms with Gasteiger partial charge in [-0.15, -0.1) is 0 Å². The fourth-order valence-corrected chi connectivity index (χ4v) is 9.81. The molecule has 8 rings (SSSR count). The van der Waals surface area contributed by atoms with E-state index in [1.165, 1.54) is 12.0 Å². The van der Waals surface area contributed by atoms with Crippen LogP contribution in [-0.4, -0.2) is 90.9 Å². The molecule has 14 nitrogen and oxygen atoms in total. The average molecular weight is 764 g/mol. The highest BCUT2D eigenvalue weighted by Crippen LogP contribution is 2.52. The van der Waals surface area contributed by atoms with Gasteiger partial charge in [0.1, 0.15) is 34.7 Å². The molecule has 3 aliphatic carbocycles. The van der Waals surface area contributed by atoms with Crippen LogP contribution in [0.3, 0.4) is 0 Å². The molecular formula is C39H49N5O9S. The van der Waals surface area contributed by atoms with E-state index in [4.69, 9.17) is 19.2 Å². The van der Waals surface area contributed by atoms with E-state index in [0.29, 0.717) is 56.4 Å². The monoisotopic (exact) mass is 763 g/mol. The van der Waals surface area contributed by atoms with Gasteiger partial charge in [-0.2, -0.15) is 0 Å². The van der Waals surface area contributed by atoms with Crippen molar-refractivity contribution in [3.63, 3.8) is 0 Å². The lowest BCUT2D eigenvalue weighted by Crippen LogP contribution is -2.58. The number of pyridine rings is 1. The summed E-state index contributed by atoms with van der Waals surface area (Å²) in [6.07, 6.45) is 10.7. The predicted molar refractivity (Wildman–Crippen MR) is 197 cm³/mol. The summed E-state index contributed by atoms with van der Waals surface area (Å²) in [7, 11) is -1.13. The normalized spacial score (nSPS) is 31.0. The van der Waals surface area contributed by atoms with E-state index in [9.17, 15) is 27.6 Å². The van der Waals surface area contributed by atoms with Gasteiger partial charge in [0, 0.05) is 29.2 Å². The second-order valence-corrected chi connectivity index (χ2v) is 18.5. The average Bonchev–Trinajstić information content (AvgIpc) is 4.09. The molecule has 1 spiro atoms. The van der Waals surface area contributed by atoms with Crippen LogP contribution < -0.4 is 24.8 Å². The minimum absolute atomic E-state index is 0.0677. The van der Waals surface area contributed by atoms with E-state index >= 15 is 0 Å². The third-order valence-corrected chi connectivity index (χ3v) is 14.6. The van der Waals surface area contributed by atoms with E-state index in [0.717, 1.165) is 47.8 Å². The van der Waals surface area contributed by atoms with Gasteiger partial charge in [0.15, 0.2) is 0 Å². The zero-order valence-corrected chi connectivity index (χ0v) is 31.9. The van der Waals surface area contributed by atoms with Crippen molar-refractivity contribution in [3.05, 3.63) is 41.6 Å². The molecule has 3 aliphatic heterocycles. The first-order chi connectivity index (χ1) is 25.8. The summed E-state index contributed by atoms with van der Waals surface area (Å²) in [5, 5.41) is 6.59. The number of allylic oxidation sites excluding steroid dienone is 1. The van der Waals surface area contributed by atoms with Crippen LogP contribution in [-0.2, 0) is 35.6 Å². The molecule has 15 heteroatoms. The van der Waals surface area contributed by atoms with Crippen LogP contribution in [0.25, 0.3) is 10.9 Å². The molecule has 0 bridgehead atoms. The molecule has 0 unspecified atom stereocenters. The van der Waals surface area contributed by atoms with Crippen molar-refractivity contribution in [2.75, 3.05) is 20.8 Å². The first kappa shape index (κ1) is 36.6. The van der Waals surface area contributed by atoms with Crippen LogP contribution in [0.5, 0.6) is 11.5 Å². The Balaban J connectivity index is 1.15. The standard InChI is InChI=1S/C39H49N5O9S/c1-37(17-18-37)54(49,50)43-35(47)39-20-24(39)9-7-5-4-6-8-10-29(41-36(48)52-3)34(46)44-22-38(21-30(44)33(45)42-39)16-15-26-27-19-25(51-2)13-14-28(27)40-31(23-11-12-23)32(26)53-38/h7,9,13-14,19,23-24,29-30H,4-6,8,10-12,15-18,20-22H2,1-3H3,(H,41,48)(H,42,45)(H,43,47)/b9-7-/t24-,29+,30+,38-,39-/m1/s1. The first-order valence-electron chi connectivity index (χ1n) is 19.2. The summed E-state index contributed by atoms with van der Waals surface area (Å²) in [5.74, 6) is -0.579. The van der Waals surface area contributed by atoms with E-state index in [1.54, 1.807) is 14.0 Å². The Morgan fingerprint density at radius 3 is 2.57 bits per heavy atom. The van der Waals surface area contributed by atoms with E-state index < -0.39 is 67.7 Å². The molecule has 4 amide bonds. The SMILES string of the molecule is COC(=O)N[C@H]1CCCCC/C=C\[C@@H]2C[C@@]2(C(=O)NS(=O)(=O)C2(C)CC2)NC(=O)[C@@H]2C[C@]3(CCc4c(c(C5CC5)nc5ccc(OC)cc45)O3)CN2C1=O. The number of amides is 4. The Morgan fingerprint density at radius 2 is 1.85 bits per heavy atom. The minimum atomic E-state index is -3.98. The number of ether oxygens (including phenoxy) is 3. The molecule has 3 N–H and O–H groups in total. The fourth-order valence-electron chi connectivity index (χ4n) is 8.50. The van der Waals surface area contributed by atoms with Crippen LogP contribution in [0.2, 0.25) is 0 Å². The van der Waals surface area contributed by atoms with Gasteiger partial charge in [0.2, 0.25) is 21.8 Å². The third-order valence-electron chi connectivity index (χ3n) is 12.5. The minimum Gasteiger partial charge on any atom is -0.497 e. The maximum absolute atomic E-state index is 14.6. The summed E-state index contributed by atoms with van der Waals surface area (Å²) in [6, 6.07) is 3.78. The van der Waals surface area contributed by atoms with Crippen LogP contribution in [0.4, 0.5) is 4.79 Å². The number of carbonyl (C=O) groups is 4. The third kappa shape index (κ3) is 6.55. The molecule has 3 saturated carbocycles. The molecule has 1 aromatic carbocycles. The molecule has 4 heterocycles. The Bertz CT molecular complexity index is 2050. The molecule has 1 aromatic heterocycles. The molecule has 54 heavy (non-hydrogen) atoms. The number of methoxy groups -OCH3 is 2. The summed E-state index contributed by atoms with van der Waals surface area (Å²) >= 11 is 0. The zero-order chi connectivity index (χ0) is 38.0. The van der Waals surface area contributed by atoms with Crippen molar-refractivity contribution in [1.82, 2.24) is 25.2 Å².